The van der Waals surface area contributed by atoms with E-state index in [-0.39, 0.29) is 30.3 Å². The number of nitrogens with one attached hydrogen (secondary N) is 2. The summed E-state index contributed by atoms with van der Waals surface area (Å²) in [4.78, 5) is 40.5. The van der Waals surface area contributed by atoms with Crippen molar-refractivity contribution in [3.63, 3.8) is 0 Å². The molecule has 6 nitrogen and oxygen atoms in total. The van der Waals surface area contributed by atoms with Crippen molar-refractivity contribution in [2.75, 3.05) is 11.9 Å². The molecule has 3 aliphatic heterocycles. The molecule has 6 heteroatoms. The number of rotatable bonds is 4. The van der Waals surface area contributed by atoms with E-state index in [9.17, 15) is 14.4 Å². The molecule has 0 aromatic heterocycles. The van der Waals surface area contributed by atoms with Gasteiger partial charge in [0.1, 0.15) is 5.54 Å². The van der Waals surface area contributed by atoms with Crippen LogP contribution in [0.4, 0.5) is 5.69 Å². The molecule has 2 N–H and O–H groups in total. The van der Waals surface area contributed by atoms with Gasteiger partial charge >= 0.3 is 0 Å². The Morgan fingerprint density at radius 3 is 2.65 bits per heavy atom. The van der Waals surface area contributed by atoms with E-state index in [1.807, 2.05) is 24.3 Å². The zero-order valence-electron chi connectivity index (χ0n) is 15.0. The van der Waals surface area contributed by atoms with Crippen LogP contribution < -0.4 is 10.6 Å². The molecule has 0 bridgehead atoms. The van der Waals surface area contributed by atoms with Crippen molar-refractivity contribution in [2.24, 2.45) is 17.8 Å². The minimum atomic E-state index is -1.18. The smallest absolute Gasteiger partial charge is 0.250 e. The summed E-state index contributed by atoms with van der Waals surface area (Å²) in [7, 11) is 0. The van der Waals surface area contributed by atoms with Gasteiger partial charge in [0.15, 0.2) is 0 Å². The molecule has 136 valence electrons. The molecule has 4 atom stereocenters. The molecule has 3 amide bonds. The molecule has 0 radical (unpaired) electrons. The Bertz CT molecular complexity index is 818. The van der Waals surface area contributed by atoms with Crippen LogP contribution >= 0.6 is 0 Å². The van der Waals surface area contributed by atoms with Crippen LogP contribution in [-0.4, -0.2) is 35.2 Å². The fourth-order valence-corrected chi connectivity index (χ4v) is 4.84. The maximum Gasteiger partial charge on any atom is 0.250 e. The number of hydrogen-bond acceptors (Lipinski definition) is 4. The Morgan fingerprint density at radius 1 is 1.23 bits per heavy atom. The van der Waals surface area contributed by atoms with E-state index < -0.39 is 17.4 Å². The highest BCUT2D eigenvalue weighted by Crippen LogP contribution is 2.53. The molecule has 0 aliphatic carbocycles. The third-order valence-corrected chi connectivity index (χ3v) is 5.75. The summed E-state index contributed by atoms with van der Waals surface area (Å²) in [5, 5.41) is 6.32. The van der Waals surface area contributed by atoms with Gasteiger partial charge in [0, 0.05) is 23.8 Å². The van der Waals surface area contributed by atoms with Gasteiger partial charge in [-0.15, -0.1) is 6.58 Å². The van der Waals surface area contributed by atoms with Crippen molar-refractivity contribution < 1.29 is 14.4 Å². The monoisotopic (exact) mass is 353 g/mol. The number of anilines is 1. The zero-order valence-corrected chi connectivity index (χ0v) is 15.0. The summed E-state index contributed by atoms with van der Waals surface area (Å²) in [5.41, 5.74) is 0.285. The van der Waals surface area contributed by atoms with Gasteiger partial charge in [-0.3, -0.25) is 24.6 Å². The SMILES string of the molecule is C=CCN1C(=O)C2C(CC(C)C)NC3(C(=O)Nc4ccccc43)C2C1=O. The molecule has 26 heavy (non-hydrogen) atoms. The summed E-state index contributed by atoms with van der Waals surface area (Å²) < 4.78 is 0. The fraction of sp³-hybridized carbons (Fsp3) is 0.450. The van der Waals surface area contributed by atoms with Crippen LogP contribution in [0.5, 0.6) is 0 Å². The average Bonchev–Trinajstić information content (AvgIpc) is 3.15. The molecule has 1 aromatic rings. The molecule has 4 unspecified atom stereocenters. The number of benzene rings is 1. The van der Waals surface area contributed by atoms with Crippen LogP contribution in [0.15, 0.2) is 36.9 Å². The Hall–Kier alpha value is -2.47. The number of imide groups is 1. The normalized spacial score (nSPS) is 32.3. The summed E-state index contributed by atoms with van der Waals surface area (Å²) in [6.07, 6.45) is 2.27. The highest BCUT2D eigenvalue weighted by Gasteiger charge is 2.70. The Balaban J connectivity index is 1.87. The molecule has 3 aliphatic rings. The van der Waals surface area contributed by atoms with E-state index in [1.165, 1.54) is 4.90 Å². The quantitative estimate of drug-likeness (QED) is 0.637. The predicted octanol–water partition coefficient (Wildman–Crippen LogP) is 1.64. The lowest BCUT2D eigenvalue weighted by molar-refractivity contribution is -0.142. The molecule has 1 spiro atoms. The second kappa shape index (κ2) is 5.77. The van der Waals surface area contributed by atoms with Gasteiger partial charge in [-0.1, -0.05) is 38.1 Å². The number of likely N-dealkylation sites (tertiary alicyclic amines) is 1. The number of carbonyl (C=O) groups excluding carboxylic acids is 3. The van der Waals surface area contributed by atoms with E-state index in [1.54, 1.807) is 6.08 Å². The van der Waals surface area contributed by atoms with E-state index in [0.29, 0.717) is 11.6 Å². The van der Waals surface area contributed by atoms with Gasteiger partial charge in [0.2, 0.25) is 17.7 Å². The number of para-hydroxylation sites is 1. The first-order valence-corrected chi connectivity index (χ1v) is 9.06. The predicted molar refractivity (Wildman–Crippen MR) is 97.0 cm³/mol. The van der Waals surface area contributed by atoms with Crippen LogP contribution in [0.25, 0.3) is 0 Å². The van der Waals surface area contributed by atoms with Crippen molar-refractivity contribution in [1.82, 2.24) is 10.2 Å². The van der Waals surface area contributed by atoms with Crippen molar-refractivity contribution in [2.45, 2.75) is 31.8 Å². The number of hydrogen-bond donors (Lipinski definition) is 2. The van der Waals surface area contributed by atoms with E-state index >= 15 is 0 Å². The Morgan fingerprint density at radius 2 is 1.96 bits per heavy atom. The largest absolute Gasteiger partial charge is 0.324 e. The first-order chi connectivity index (χ1) is 12.4. The second-order valence-corrected chi connectivity index (χ2v) is 7.77. The minimum absolute atomic E-state index is 0.179. The van der Waals surface area contributed by atoms with Gasteiger partial charge < -0.3 is 5.32 Å². The lowest BCUT2D eigenvalue weighted by Gasteiger charge is -2.29. The number of nitrogens with zero attached hydrogens (tertiary/aromatic N) is 1. The lowest BCUT2D eigenvalue weighted by Crippen LogP contribution is -2.53. The first kappa shape index (κ1) is 17.0. The second-order valence-electron chi connectivity index (χ2n) is 7.77. The number of amides is 3. The topological polar surface area (TPSA) is 78.5 Å². The van der Waals surface area contributed by atoms with Crippen molar-refractivity contribution in [3.8, 4) is 0 Å². The molecule has 3 heterocycles. The highest BCUT2D eigenvalue weighted by molar-refractivity contribution is 6.15. The van der Waals surface area contributed by atoms with Gasteiger partial charge in [-0.2, -0.15) is 0 Å². The highest BCUT2D eigenvalue weighted by atomic mass is 16.2. The molecular weight excluding hydrogens is 330 g/mol. The van der Waals surface area contributed by atoms with Gasteiger partial charge in [-0.25, -0.2) is 0 Å². The molecular formula is C20H23N3O3. The minimum Gasteiger partial charge on any atom is -0.324 e. The van der Waals surface area contributed by atoms with Crippen LogP contribution in [0, 0.1) is 17.8 Å². The van der Waals surface area contributed by atoms with Gasteiger partial charge in [-0.05, 0) is 18.4 Å². The third-order valence-electron chi connectivity index (χ3n) is 5.75. The maximum atomic E-state index is 13.2. The Labute approximate surface area is 152 Å². The summed E-state index contributed by atoms with van der Waals surface area (Å²) in [6.45, 7) is 7.99. The summed E-state index contributed by atoms with van der Waals surface area (Å²) >= 11 is 0. The van der Waals surface area contributed by atoms with Gasteiger partial charge in [0.25, 0.3) is 0 Å². The summed E-state index contributed by atoms with van der Waals surface area (Å²) in [6, 6.07) is 7.18. The first-order valence-electron chi connectivity index (χ1n) is 9.06. The van der Waals surface area contributed by atoms with E-state index in [0.717, 1.165) is 12.0 Å². The molecule has 0 saturated carbocycles. The summed E-state index contributed by atoms with van der Waals surface area (Å²) in [5.74, 6) is -1.65. The molecule has 1 aromatic carbocycles. The van der Waals surface area contributed by atoms with E-state index in [2.05, 4.69) is 31.1 Å². The number of carbonyl (C=O) groups is 3. The average molecular weight is 353 g/mol. The molecule has 2 saturated heterocycles. The van der Waals surface area contributed by atoms with Crippen LogP contribution in [-0.2, 0) is 19.9 Å². The van der Waals surface area contributed by atoms with Crippen molar-refractivity contribution in [3.05, 3.63) is 42.5 Å². The Kier molecular flexibility index (Phi) is 3.77. The van der Waals surface area contributed by atoms with E-state index in [4.69, 9.17) is 0 Å². The molecule has 2 fully saturated rings. The fourth-order valence-electron chi connectivity index (χ4n) is 4.84. The zero-order chi connectivity index (χ0) is 18.6. The van der Waals surface area contributed by atoms with Crippen molar-refractivity contribution in [1.29, 1.82) is 0 Å². The maximum absolute atomic E-state index is 13.2. The number of fused-ring (bicyclic) bond motifs is 4. The van der Waals surface area contributed by atoms with Crippen molar-refractivity contribution >= 4 is 23.4 Å². The molecule has 4 rings (SSSR count). The van der Waals surface area contributed by atoms with Crippen LogP contribution in [0.1, 0.15) is 25.8 Å². The van der Waals surface area contributed by atoms with Crippen LogP contribution in [0.3, 0.4) is 0 Å². The van der Waals surface area contributed by atoms with Crippen LogP contribution in [0.2, 0.25) is 0 Å². The standard InChI is InChI=1S/C20H23N3O3/c1-4-9-23-17(24)15-14(10-11(2)3)22-20(16(15)18(23)25)12-7-5-6-8-13(12)21-19(20)26/h4-8,11,14-16,22H,1,9-10H2,2-3H3,(H,21,26). The van der Waals surface area contributed by atoms with Gasteiger partial charge in [0.05, 0.1) is 11.8 Å². The third kappa shape index (κ3) is 2.05. The lowest BCUT2D eigenvalue weighted by atomic mass is 9.76.